The molecule has 3 heteroatoms. The molecule has 0 atom stereocenters. The lowest BCUT2D eigenvalue weighted by Crippen LogP contribution is -2.31. The molecule has 3 nitrogen and oxygen atoms in total. The zero-order valence-electron chi connectivity index (χ0n) is 9.56. The Morgan fingerprint density at radius 3 is 2.88 bits per heavy atom. The zero-order chi connectivity index (χ0) is 11.2. The third-order valence-electron chi connectivity index (χ3n) is 3.22. The largest absolute Gasteiger partial charge is 0.303 e. The molecule has 0 saturated carbocycles. The summed E-state index contributed by atoms with van der Waals surface area (Å²) in [5, 5.41) is 0. The van der Waals surface area contributed by atoms with E-state index < -0.39 is 0 Å². The summed E-state index contributed by atoms with van der Waals surface area (Å²) in [6.45, 7) is 3.48. The molecule has 0 aliphatic carbocycles. The van der Waals surface area contributed by atoms with Crippen LogP contribution < -0.4 is 0 Å². The summed E-state index contributed by atoms with van der Waals surface area (Å²) in [7, 11) is 0. The van der Waals surface area contributed by atoms with Gasteiger partial charge in [0.05, 0.1) is 0 Å². The van der Waals surface area contributed by atoms with E-state index in [9.17, 15) is 4.79 Å². The van der Waals surface area contributed by atoms with E-state index in [1.54, 1.807) is 12.4 Å². The molecule has 1 saturated heterocycles. The van der Waals surface area contributed by atoms with E-state index in [4.69, 9.17) is 0 Å². The van der Waals surface area contributed by atoms with Crippen molar-refractivity contribution in [1.29, 1.82) is 0 Å². The monoisotopic (exact) mass is 218 g/mol. The summed E-state index contributed by atoms with van der Waals surface area (Å²) in [6.07, 6.45) is 9.27. The first-order valence-corrected chi connectivity index (χ1v) is 6.00. The molecule has 0 amide bonds. The van der Waals surface area contributed by atoms with E-state index in [1.165, 1.54) is 32.4 Å². The average Bonchev–Trinajstić information content (AvgIpc) is 2.38. The van der Waals surface area contributed by atoms with Crippen LogP contribution in [0.2, 0.25) is 0 Å². The van der Waals surface area contributed by atoms with Gasteiger partial charge in [-0.1, -0.05) is 6.42 Å². The molecule has 0 spiro atoms. The molecule has 0 radical (unpaired) electrons. The van der Waals surface area contributed by atoms with Crippen molar-refractivity contribution in [2.24, 2.45) is 0 Å². The second kappa shape index (κ2) is 5.75. The van der Waals surface area contributed by atoms with Gasteiger partial charge in [-0.25, -0.2) is 0 Å². The van der Waals surface area contributed by atoms with Gasteiger partial charge in [-0.2, -0.15) is 0 Å². The number of carbonyl (C=O) groups excluding carboxylic acids is 1. The lowest BCUT2D eigenvalue weighted by Gasteiger charge is -2.26. The predicted molar refractivity (Wildman–Crippen MR) is 63.6 cm³/mol. The van der Waals surface area contributed by atoms with E-state index >= 15 is 0 Å². The first kappa shape index (κ1) is 11.3. The summed E-state index contributed by atoms with van der Waals surface area (Å²) < 4.78 is 0. The van der Waals surface area contributed by atoms with Crippen LogP contribution in [0, 0.1) is 0 Å². The molecule has 2 heterocycles. The highest BCUT2D eigenvalue weighted by Gasteiger charge is 2.10. The fourth-order valence-corrected chi connectivity index (χ4v) is 2.23. The Hall–Kier alpha value is -1.22. The summed E-state index contributed by atoms with van der Waals surface area (Å²) in [5.41, 5.74) is 1.86. The Kier molecular flexibility index (Phi) is 4.05. The van der Waals surface area contributed by atoms with Crippen molar-refractivity contribution in [3.8, 4) is 0 Å². The minimum Gasteiger partial charge on any atom is -0.303 e. The van der Waals surface area contributed by atoms with E-state index in [-0.39, 0.29) is 0 Å². The van der Waals surface area contributed by atoms with Gasteiger partial charge in [0, 0.05) is 24.5 Å². The van der Waals surface area contributed by atoms with Gasteiger partial charge in [0.1, 0.15) is 0 Å². The number of piperidine rings is 1. The van der Waals surface area contributed by atoms with Crippen LogP contribution in [0.4, 0.5) is 0 Å². The molecule has 1 aromatic heterocycles. The molecule has 0 N–H and O–H groups in total. The van der Waals surface area contributed by atoms with Crippen molar-refractivity contribution in [2.75, 3.05) is 19.6 Å². The Morgan fingerprint density at radius 2 is 2.12 bits per heavy atom. The second-order valence-corrected chi connectivity index (χ2v) is 4.34. The maximum absolute atomic E-state index is 10.8. The van der Waals surface area contributed by atoms with Crippen molar-refractivity contribution in [3.63, 3.8) is 0 Å². The molecule has 1 aliphatic heterocycles. The second-order valence-electron chi connectivity index (χ2n) is 4.34. The number of hydrogen-bond acceptors (Lipinski definition) is 3. The summed E-state index contributed by atoms with van der Waals surface area (Å²) >= 11 is 0. The van der Waals surface area contributed by atoms with E-state index in [0.29, 0.717) is 0 Å². The highest BCUT2D eigenvalue weighted by Crippen LogP contribution is 2.11. The first-order valence-electron chi connectivity index (χ1n) is 6.00. The van der Waals surface area contributed by atoms with Crippen molar-refractivity contribution in [2.45, 2.75) is 25.7 Å². The summed E-state index contributed by atoms with van der Waals surface area (Å²) in [4.78, 5) is 17.3. The average molecular weight is 218 g/mol. The Morgan fingerprint density at radius 1 is 1.31 bits per heavy atom. The number of aromatic nitrogens is 1. The Labute approximate surface area is 96.5 Å². The van der Waals surface area contributed by atoms with Gasteiger partial charge in [0.25, 0.3) is 0 Å². The number of hydrogen-bond donors (Lipinski definition) is 0. The van der Waals surface area contributed by atoms with E-state index in [2.05, 4.69) is 9.88 Å². The first-order chi connectivity index (χ1) is 7.90. The number of pyridine rings is 1. The quantitative estimate of drug-likeness (QED) is 0.724. The SMILES string of the molecule is O=Cc1cnccc1CCN1CCCCC1. The van der Waals surface area contributed by atoms with Crippen LogP contribution in [0.25, 0.3) is 0 Å². The topological polar surface area (TPSA) is 33.2 Å². The lowest BCUT2D eigenvalue weighted by atomic mass is 10.1. The number of likely N-dealkylation sites (tertiary alicyclic amines) is 1. The van der Waals surface area contributed by atoms with Crippen LogP contribution in [0.15, 0.2) is 18.5 Å². The molecule has 0 aromatic carbocycles. The number of nitrogens with zero attached hydrogens (tertiary/aromatic N) is 2. The van der Waals surface area contributed by atoms with Crippen LogP contribution in [-0.2, 0) is 6.42 Å². The predicted octanol–water partition coefficient (Wildman–Crippen LogP) is 1.92. The summed E-state index contributed by atoms with van der Waals surface area (Å²) in [6, 6.07) is 1.95. The Balaban J connectivity index is 1.90. The number of rotatable bonds is 4. The molecule has 0 unspecified atom stereocenters. The van der Waals surface area contributed by atoms with Crippen molar-refractivity contribution >= 4 is 6.29 Å². The van der Waals surface area contributed by atoms with Gasteiger partial charge in [-0.15, -0.1) is 0 Å². The van der Waals surface area contributed by atoms with E-state index in [0.717, 1.165) is 30.4 Å². The van der Waals surface area contributed by atoms with Crippen molar-refractivity contribution in [3.05, 3.63) is 29.6 Å². The standard InChI is InChI=1S/C13H18N2O/c16-11-13-10-14-6-4-12(13)5-9-15-7-2-1-3-8-15/h4,6,10-11H,1-3,5,7-9H2. The van der Waals surface area contributed by atoms with Gasteiger partial charge < -0.3 is 4.90 Å². The maximum Gasteiger partial charge on any atom is 0.151 e. The summed E-state index contributed by atoms with van der Waals surface area (Å²) in [5.74, 6) is 0. The van der Waals surface area contributed by atoms with Gasteiger partial charge in [-0.05, 0) is 44.0 Å². The highest BCUT2D eigenvalue weighted by molar-refractivity contribution is 5.76. The third-order valence-corrected chi connectivity index (χ3v) is 3.22. The zero-order valence-corrected chi connectivity index (χ0v) is 9.56. The van der Waals surface area contributed by atoms with Crippen molar-refractivity contribution in [1.82, 2.24) is 9.88 Å². The molecule has 0 bridgehead atoms. The van der Waals surface area contributed by atoms with Crippen LogP contribution in [0.5, 0.6) is 0 Å². The minimum absolute atomic E-state index is 0.736. The Bertz CT molecular complexity index is 346. The third kappa shape index (κ3) is 2.89. The maximum atomic E-state index is 10.8. The van der Waals surface area contributed by atoms with Crippen LogP contribution >= 0.6 is 0 Å². The van der Waals surface area contributed by atoms with Gasteiger partial charge >= 0.3 is 0 Å². The molecule has 1 fully saturated rings. The van der Waals surface area contributed by atoms with Gasteiger partial charge in [0.2, 0.25) is 0 Å². The molecule has 16 heavy (non-hydrogen) atoms. The smallest absolute Gasteiger partial charge is 0.151 e. The van der Waals surface area contributed by atoms with Crippen LogP contribution in [-0.4, -0.2) is 35.8 Å². The molecular formula is C13H18N2O. The lowest BCUT2D eigenvalue weighted by molar-refractivity contribution is 0.112. The molecule has 86 valence electrons. The van der Waals surface area contributed by atoms with Gasteiger partial charge in [-0.3, -0.25) is 9.78 Å². The number of aldehydes is 1. The minimum atomic E-state index is 0.736. The fourth-order valence-electron chi connectivity index (χ4n) is 2.23. The highest BCUT2D eigenvalue weighted by atomic mass is 16.1. The van der Waals surface area contributed by atoms with Crippen molar-refractivity contribution < 1.29 is 4.79 Å². The van der Waals surface area contributed by atoms with Gasteiger partial charge in [0.15, 0.2) is 6.29 Å². The van der Waals surface area contributed by atoms with Crippen LogP contribution in [0.3, 0.4) is 0 Å². The molecule has 1 aromatic rings. The fraction of sp³-hybridized carbons (Fsp3) is 0.538. The van der Waals surface area contributed by atoms with Crippen LogP contribution in [0.1, 0.15) is 35.2 Å². The van der Waals surface area contributed by atoms with E-state index in [1.807, 2.05) is 6.07 Å². The number of carbonyl (C=O) groups is 1. The normalized spacial score (nSPS) is 17.2. The molecule has 2 rings (SSSR count). The molecular weight excluding hydrogens is 200 g/mol. The molecule has 1 aliphatic rings.